The normalized spacial score (nSPS) is 17.6. The molecule has 5 heteroatoms. The number of hydrogen-bond acceptors (Lipinski definition) is 4. The van der Waals surface area contributed by atoms with E-state index in [1.165, 1.54) is 10.9 Å². The third-order valence-corrected chi connectivity index (χ3v) is 3.01. The predicted molar refractivity (Wildman–Crippen MR) is 68.3 cm³/mol. The van der Waals surface area contributed by atoms with Gasteiger partial charge >= 0.3 is 6.09 Å². The molecule has 0 aromatic carbocycles. The summed E-state index contributed by atoms with van der Waals surface area (Å²) in [6.07, 6.45) is 6.76. The number of hydrogen-bond donors (Lipinski definition) is 1. The Kier molecular flexibility index (Phi) is 3.19. The fraction of sp³-hybridized carbons (Fsp3) is 0.692. The van der Waals surface area contributed by atoms with Crippen LogP contribution in [0.1, 0.15) is 45.7 Å². The molecule has 1 aromatic heterocycles. The summed E-state index contributed by atoms with van der Waals surface area (Å²) in [6, 6.07) is 0. The number of imidazole rings is 1. The molecule has 1 saturated carbocycles. The van der Waals surface area contributed by atoms with Gasteiger partial charge in [0.15, 0.2) is 0 Å². The van der Waals surface area contributed by atoms with Crippen LogP contribution >= 0.6 is 0 Å². The van der Waals surface area contributed by atoms with Crippen LogP contribution in [-0.2, 0) is 11.2 Å². The molecule has 0 aliphatic heterocycles. The van der Waals surface area contributed by atoms with Crippen molar-refractivity contribution in [3.05, 3.63) is 18.2 Å². The quantitative estimate of drug-likeness (QED) is 0.893. The van der Waals surface area contributed by atoms with E-state index in [4.69, 9.17) is 10.5 Å². The lowest BCUT2D eigenvalue weighted by molar-refractivity contribution is 0.0536. The summed E-state index contributed by atoms with van der Waals surface area (Å²) in [5.74, 6) is 0. The van der Waals surface area contributed by atoms with Crippen molar-refractivity contribution in [3.63, 3.8) is 0 Å². The molecule has 0 bridgehead atoms. The van der Waals surface area contributed by atoms with Gasteiger partial charge in [-0.15, -0.1) is 0 Å². The first-order chi connectivity index (χ1) is 8.27. The molecular weight excluding hydrogens is 230 g/mol. The molecule has 5 nitrogen and oxygen atoms in total. The van der Waals surface area contributed by atoms with Gasteiger partial charge in [-0.1, -0.05) is 0 Å². The summed E-state index contributed by atoms with van der Waals surface area (Å²) in [7, 11) is 0. The first-order valence-electron chi connectivity index (χ1n) is 6.33. The number of carbonyl (C=O) groups is 1. The minimum Gasteiger partial charge on any atom is -0.443 e. The van der Waals surface area contributed by atoms with Gasteiger partial charge in [-0.25, -0.2) is 14.3 Å². The second-order valence-electron chi connectivity index (χ2n) is 6.11. The second kappa shape index (κ2) is 4.39. The smallest absolute Gasteiger partial charge is 0.419 e. The SMILES string of the molecule is CC(C)(C)OC(=O)n1cnc(CCC2(N)CC2)c1. The van der Waals surface area contributed by atoms with E-state index < -0.39 is 11.7 Å². The maximum atomic E-state index is 11.8. The Morgan fingerprint density at radius 1 is 1.56 bits per heavy atom. The lowest BCUT2D eigenvalue weighted by Crippen LogP contribution is -2.26. The van der Waals surface area contributed by atoms with Crippen LogP contribution in [0, 0.1) is 0 Å². The summed E-state index contributed by atoms with van der Waals surface area (Å²) < 4.78 is 6.64. The van der Waals surface area contributed by atoms with E-state index in [2.05, 4.69) is 4.98 Å². The molecule has 0 radical (unpaired) electrons. The van der Waals surface area contributed by atoms with Crippen LogP contribution in [0.4, 0.5) is 4.79 Å². The molecule has 0 atom stereocenters. The number of nitrogens with zero attached hydrogens (tertiary/aromatic N) is 2. The third-order valence-electron chi connectivity index (χ3n) is 3.01. The van der Waals surface area contributed by atoms with Crippen LogP contribution in [0.25, 0.3) is 0 Å². The van der Waals surface area contributed by atoms with Gasteiger partial charge in [0.1, 0.15) is 11.9 Å². The summed E-state index contributed by atoms with van der Waals surface area (Å²) >= 11 is 0. The molecule has 0 saturated heterocycles. The lowest BCUT2D eigenvalue weighted by atomic mass is 10.1. The number of nitrogens with two attached hydrogens (primary N) is 1. The molecule has 1 heterocycles. The Morgan fingerprint density at radius 2 is 2.22 bits per heavy atom. The van der Waals surface area contributed by atoms with Gasteiger partial charge in [0.2, 0.25) is 0 Å². The van der Waals surface area contributed by atoms with Gasteiger partial charge < -0.3 is 10.5 Å². The van der Waals surface area contributed by atoms with E-state index in [-0.39, 0.29) is 5.54 Å². The summed E-state index contributed by atoms with van der Waals surface area (Å²) in [5, 5.41) is 0. The van der Waals surface area contributed by atoms with E-state index in [0.717, 1.165) is 31.4 Å². The molecule has 1 aliphatic carbocycles. The van der Waals surface area contributed by atoms with E-state index in [1.807, 2.05) is 20.8 Å². The highest BCUT2D eigenvalue weighted by molar-refractivity contribution is 5.70. The first-order valence-corrected chi connectivity index (χ1v) is 6.33. The fourth-order valence-corrected chi connectivity index (χ4v) is 1.69. The van der Waals surface area contributed by atoms with Crippen molar-refractivity contribution in [1.29, 1.82) is 0 Å². The molecule has 0 amide bonds. The second-order valence-corrected chi connectivity index (χ2v) is 6.11. The van der Waals surface area contributed by atoms with Crippen molar-refractivity contribution in [2.75, 3.05) is 0 Å². The molecular formula is C13H21N3O2. The summed E-state index contributed by atoms with van der Waals surface area (Å²) in [4.78, 5) is 16.0. The van der Waals surface area contributed by atoms with Crippen LogP contribution in [0.5, 0.6) is 0 Å². The van der Waals surface area contributed by atoms with E-state index in [1.54, 1.807) is 6.20 Å². The Bertz CT molecular complexity index is 441. The van der Waals surface area contributed by atoms with Crippen molar-refractivity contribution in [3.8, 4) is 0 Å². The minimum atomic E-state index is -0.489. The number of aryl methyl sites for hydroxylation is 1. The molecule has 1 aromatic rings. The molecule has 18 heavy (non-hydrogen) atoms. The molecule has 1 fully saturated rings. The zero-order valence-corrected chi connectivity index (χ0v) is 11.3. The Balaban J connectivity index is 1.91. The zero-order chi connectivity index (χ0) is 13.4. The number of ether oxygens (including phenoxy) is 1. The number of carbonyl (C=O) groups excluding carboxylic acids is 1. The van der Waals surface area contributed by atoms with Crippen LogP contribution < -0.4 is 5.73 Å². The molecule has 1 aliphatic rings. The van der Waals surface area contributed by atoms with E-state index in [9.17, 15) is 4.79 Å². The van der Waals surface area contributed by atoms with Gasteiger partial charge in [0.05, 0.1) is 5.69 Å². The highest BCUT2D eigenvalue weighted by Gasteiger charge is 2.37. The summed E-state index contributed by atoms with van der Waals surface area (Å²) in [5.41, 5.74) is 6.44. The van der Waals surface area contributed by atoms with Crippen LogP contribution in [-0.4, -0.2) is 26.8 Å². The predicted octanol–water partition coefficient (Wildman–Crippen LogP) is 2.09. The van der Waals surface area contributed by atoms with Crippen LogP contribution in [0.2, 0.25) is 0 Å². The van der Waals surface area contributed by atoms with Crippen molar-refractivity contribution in [2.24, 2.45) is 5.73 Å². The Labute approximate surface area is 107 Å². The standard InChI is InChI=1S/C13H21N3O2/c1-12(2,3)18-11(17)16-8-10(15-9-16)4-5-13(14)6-7-13/h8-9H,4-7,14H2,1-3H3. The maximum Gasteiger partial charge on any atom is 0.419 e. The number of rotatable bonds is 3. The molecule has 100 valence electrons. The maximum absolute atomic E-state index is 11.8. The Morgan fingerprint density at radius 3 is 2.78 bits per heavy atom. The fourth-order valence-electron chi connectivity index (χ4n) is 1.69. The highest BCUT2D eigenvalue weighted by atomic mass is 16.6. The molecule has 2 N–H and O–H groups in total. The lowest BCUT2D eigenvalue weighted by Gasteiger charge is -2.19. The zero-order valence-electron chi connectivity index (χ0n) is 11.3. The number of aromatic nitrogens is 2. The van der Waals surface area contributed by atoms with Crippen LogP contribution in [0.15, 0.2) is 12.5 Å². The topological polar surface area (TPSA) is 70.1 Å². The summed E-state index contributed by atoms with van der Waals surface area (Å²) in [6.45, 7) is 5.52. The molecule has 0 spiro atoms. The van der Waals surface area contributed by atoms with Gasteiger partial charge in [-0.3, -0.25) is 0 Å². The van der Waals surface area contributed by atoms with Crippen molar-refractivity contribution >= 4 is 6.09 Å². The minimum absolute atomic E-state index is 0.0235. The third kappa shape index (κ3) is 3.57. The largest absolute Gasteiger partial charge is 0.443 e. The van der Waals surface area contributed by atoms with Gasteiger partial charge in [-0.2, -0.15) is 0 Å². The van der Waals surface area contributed by atoms with E-state index >= 15 is 0 Å². The van der Waals surface area contributed by atoms with Gasteiger partial charge in [0.25, 0.3) is 0 Å². The first kappa shape index (κ1) is 13.1. The molecule has 2 rings (SSSR count). The molecule has 0 unspecified atom stereocenters. The van der Waals surface area contributed by atoms with Crippen LogP contribution in [0.3, 0.4) is 0 Å². The van der Waals surface area contributed by atoms with Gasteiger partial charge in [-0.05, 0) is 46.5 Å². The average Bonchev–Trinajstić information content (AvgIpc) is 2.79. The highest BCUT2D eigenvalue weighted by Crippen LogP contribution is 2.36. The van der Waals surface area contributed by atoms with Gasteiger partial charge in [0, 0.05) is 11.7 Å². The monoisotopic (exact) mass is 251 g/mol. The van der Waals surface area contributed by atoms with Crippen molar-refractivity contribution in [1.82, 2.24) is 9.55 Å². The Hall–Kier alpha value is -1.36. The average molecular weight is 251 g/mol. The van der Waals surface area contributed by atoms with Crippen molar-refractivity contribution in [2.45, 2.75) is 57.6 Å². The van der Waals surface area contributed by atoms with Crippen molar-refractivity contribution < 1.29 is 9.53 Å². The van der Waals surface area contributed by atoms with E-state index in [0.29, 0.717) is 0 Å².